The van der Waals surface area contributed by atoms with Crippen molar-refractivity contribution in [2.75, 3.05) is 12.4 Å². The Morgan fingerprint density at radius 1 is 1.00 bits per heavy atom. The number of carboxylic acids is 1. The number of nitrogens with one attached hydrogen (secondary N) is 1. The molecule has 1 unspecified atom stereocenters. The second-order valence-corrected chi connectivity index (χ2v) is 9.90. The fourth-order valence-corrected chi connectivity index (χ4v) is 2.72. The topological polar surface area (TPSA) is 148 Å². The number of benzene rings is 1. The number of aromatic nitrogens is 4. The van der Waals surface area contributed by atoms with Crippen molar-refractivity contribution >= 4 is 23.7 Å². The smallest absolute Gasteiger partial charge is 0.410 e. The standard InChI is InChI=1S/C23H32N6O5/c1-22(2,3)20(32)24-15-10-8-14(9-11-15)18-25-27-19(28-26-18)16(12-13-17(30)31)29(7)21(33)34-23(4,5)6/h8-11,16H,12-13H2,1-7H3,(H,24,32)(H,30,31). The number of carbonyl (C=O) groups excluding carboxylic acids is 2. The number of nitrogens with zero attached hydrogens (tertiary/aromatic N) is 5. The molecule has 2 amide bonds. The molecular formula is C23H32N6O5. The van der Waals surface area contributed by atoms with Crippen LogP contribution in [0.1, 0.15) is 66.3 Å². The minimum absolute atomic E-state index is 0.0654. The molecule has 2 rings (SSSR count). The average Bonchev–Trinajstić information content (AvgIpc) is 2.72. The van der Waals surface area contributed by atoms with Crippen molar-refractivity contribution in [3.63, 3.8) is 0 Å². The van der Waals surface area contributed by atoms with Crippen molar-refractivity contribution in [2.24, 2.45) is 5.41 Å². The molecule has 0 bridgehead atoms. The van der Waals surface area contributed by atoms with Gasteiger partial charge in [0.2, 0.25) is 11.7 Å². The Balaban J connectivity index is 2.21. The summed E-state index contributed by atoms with van der Waals surface area (Å²) in [7, 11) is 1.49. The molecule has 1 atom stereocenters. The summed E-state index contributed by atoms with van der Waals surface area (Å²) in [5, 5.41) is 28.3. The number of anilines is 1. The normalized spacial score (nSPS) is 12.6. The maximum absolute atomic E-state index is 12.5. The Bertz CT molecular complexity index is 1010. The quantitative estimate of drug-likeness (QED) is 0.615. The van der Waals surface area contributed by atoms with Crippen LogP contribution < -0.4 is 5.32 Å². The van der Waals surface area contributed by atoms with Crippen LogP contribution in [0.4, 0.5) is 10.5 Å². The molecule has 0 aliphatic heterocycles. The number of carbonyl (C=O) groups is 3. The zero-order chi connectivity index (χ0) is 25.7. The van der Waals surface area contributed by atoms with E-state index in [-0.39, 0.29) is 30.4 Å². The van der Waals surface area contributed by atoms with E-state index in [1.807, 2.05) is 20.8 Å². The van der Waals surface area contributed by atoms with Crippen LogP contribution in [0.25, 0.3) is 11.4 Å². The van der Waals surface area contributed by atoms with Crippen LogP contribution in [-0.4, -0.2) is 61.0 Å². The lowest BCUT2D eigenvalue weighted by Gasteiger charge is -2.29. The molecule has 0 spiro atoms. The van der Waals surface area contributed by atoms with Gasteiger partial charge in [0.15, 0.2) is 5.82 Å². The Morgan fingerprint density at radius 2 is 1.56 bits per heavy atom. The highest BCUT2D eigenvalue weighted by Gasteiger charge is 2.29. The summed E-state index contributed by atoms with van der Waals surface area (Å²) in [6, 6.07) is 6.12. The van der Waals surface area contributed by atoms with Gasteiger partial charge in [0.05, 0.1) is 6.04 Å². The molecule has 184 valence electrons. The number of hydrogen-bond acceptors (Lipinski definition) is 8. The lowest BCUT2D eigenvalue weighted by molar-refractivity contribution is -0.137. The molecule has 2 aromatic rings. The van der Waals surface area contributed by atoms with Crippen molar-refractivity contribution in [3.8, 4) is 11.4 Å². The lowest BCUT2D eigenvalue weighted by Crippen LogP contribution is -2.37. The predicted molar refractivity (Wildman–Crippen MR) is 125 cm³/mol. The van der Waals surface area contributed by atoms with Crippen molar-refractivity contribution in [2.45, 2.75) is 66.0 Å². The number of aliphatic carboxylic acids is 1. The van der Waals surface area contributed by atoms with Gasteiger partial charge in [0.25, 0.3) is 0 Å². The molecule has 0 saturated carbocycles. The van der Waals surface area contributed by atoms with E-state index in [2.05, 4.69) is 25.7 Å². The first kappa shape index (κ1) is 26.6. The van der Waals surface area contributed by atoms with Gasteiger partial charge in [-0.3, -0.25) is 9.59 Å². The van der Waals surface area contributed by atoms with E-state index in [0.29, 0.717) is 11.3 Å². The molecule has 1 aromatic heterocycles. The largest absolute Gasteiger partial charge is 0.481 e. The Hall–Kier alpha value is -3.63. The van der Waals surface area contributed by atoms with Gasteiger partial charge in [-0.05, 0) is 51.5 Å². The maximum atomic E-state index is 12.5. The zero-order valence-corrected chi connectivity index (χ0v) is 20.6. The summed E-state index contributed by atoms with van der Waals surface area (Å²) >= 11 is 0. The monoisotopic (exact) mass is 472 g/mol. The van der Waals surface area contributed by atoms with E-state index in [4.69, 9.17) is 9.84 Å². The van der Waals surface area contributed by atoms with Crippen LogP contribution in [0.15, 0.2) is 24.3 Å². The van der Waals surface area contributed by atoms with E-state index < -0.39 is 29.1 Å². The molecular weight excluding hydrogens is 440 g/mol. The summed E-state index contributed by atoms with van der Waals surface area (Å²) in [5.74, 6) is -0.772. The fourth-order valence-electron chi connectivity index (χ4n) is 2.72. The van der Waals surface area contributed by atoms with Crippen LogP contribution in [0.5, 0.6) is 0 Å². The third-order valence-corrected chi connectivity index (χ3v) is 4.66. The van der Waals surface area contributed by atoms with Crippen molar-refractivity contribution in [1.82, 2.24) is 25.3 Å². The van der Waals surface area contributed by atoms with Crippen LogP contribution in [0.2, 0.25) is 0 Å². The van der Waals surface area contributed by atoms with E-state index in [1.54, 1.807) is 45.0 Å². The summed E-state index contributed by atoms with van der Waals surface area (Å²) in [5.41, 5.74) is 0.0224. The van der Waals surface area contributed by atoms with Gasteiger partial charge in [-0.1, -0.05) is 20.8 Å². The summed E-state index contributed by atoms with van der Waals surface area (Å²) in [4.78, 5) is 37.0. The van der Waals surface area contributed by atoms with Crippen LogP contribution >= 0.6 is 0 Å². The first-order valence-corrected chi connectivity index (χ1v) is 10.8. The third kappa shape index (κ3) is 7.75. The van der Waals surface area contributed by atoms with Crippen LogP contribution in [0.3, 0.4) is 0 Å². The minimum Gasteiger partial charge on any atom is -0.481 e. The molecule has 11 nitrogen and oxygen atoms in total. The first-order chi connectivity index (χ1) is 15.7. The van der Waals surface area contributed by atoms with Crippen molar-refractivity contribution in [3.05, 3.63) is 30.1 Å². The van der Waals surface area contributed by atoms with Crippen LogP contribution in [0, 0.1) is 5.41 Å². The summed E-state index contributed by atoms with van der Waals surface area (Å²) < 4.78 is 5.37. The number of rotatable bonds is 7. The third-order valence-electron chi connectivity index (χ3n) is 4.66. The molecule has 0 radical (unpaired) electrons. The molecule has 0 aliphatic carbocycles. The number of hydrogen-bond donors (Lipinski definition) is 2. The van der Waals surface area contributed by atoms with Gasteiger partial charge in [0.1, 0.15) is 5.60 Å². The van der Waals surface area contributed by atoms with Crippen LogP contribution in [-0.2, 0) is 14.3 Å². The number of carboxylic acid groups (broad SMARTS) is 1. The van der Waals surface area contributed by atoms with Gasteiger partial charge in [-0.15, -0.1) is 20.4 Å². The van der Waals surface area contributed by atoms with Gasteiger partial charge < -0.3 is 20.1 Å². The Kier molecular flexibility index (Phi) is 8.25. The van der Waals surface area contributed by atoms with E-state index in [9.17, 15) is 14.4 Å². The summed E-state index contributed by atoms with van der Waals surface area (Å²) in [6.07, 6.45) is -0.774. The fraction of sp³-hybridized carbons (Fsp3) is 0.522. The van der Waals surface area contributed by atoms with E-state index in [1.165, 1.54) is 11.9 Å². The molecule has 2 N–H and O–H groups in total. The lowest BCUT2D eigenvalue weighted by atomic mass is 9.95. The molecule has 0 fully saturated rings. The van der Waals surface area contributed by atoms with Gasteiger partial charge in [-0.25, -0.2) is 4.79 Å². The highest BCUT2D eigenvalue weighted by atomic mass is 16.6. The SMILES string of the molecule is CN(C(=O)OC(C)(C)C)C(CCC(=O)O)c1nnc(-c2ccc(NC(=O)C(C)(C)C)cc2)nn1. The minimum atomic E-state index is -1.02. The molecule has 1 aromatic carbocycles. The first-order valence-electron chi connectivity index (χ1n) is 10.8. The van der Waals surface area contributed by atoms with E-state index >= 15 is 0 Å². The molecule has 0 aliphatic rings. The molecule has 11 heteroatoms. The van der Waals surface area contributed by atoms with E-state index in [0.717, 1.165) is 0 Å². The van der Waals surface area contributed by atoms with Gasteiger partial charge in [-0.2, -0.15) is 0 Å². The van der Waals surface area contributed by atoms with Gasteiger partial charge in [0, 0.05) is 30.1 Å². The predicted octanol–water partition coefficient (Wildman–Crippen LogP) is 3.69. The molecule has 1 heterocycles. The maximum Gasteiger partial charge on any atom is 0.410 e. The summed E-state index contributed by atoms with van der Waals surface area (Å²) in [6.45, 7) is 10.7. The second kappa shape index (κ2) is 10.5. The number of ether oxygens (including phenoxy) is 1. The molecule has 34 heavy (non-hydrogen) atoms. The highest BCUT2D eigenvalue weighted by molar-refractivity contribution is 5.94. The van der Waals surface area contributed by atoms with Gasteiger partial charge >= 0.3 is 12.1 Å². The van der Waals surface area contributed by atoms with Crippen molar-refractivity contribution < 1.29 is 24.2 Å². The molecule has 0 saturated heterocycles. The van der Waals surface area contributed by atoms with Crippen molar-refractivity contribution in [1.29, 1.82) is 0 Å². The number of amides is 2. The zero-order valence-electron chi connectivity index (χ0n) is 20.6. The Labute approximate surface area is 198 Å². The highest BCUT2D eigenvalue weighted by Crippen LogP contribution is 2.25. The average molecular weight is 473 g/mol. The second-order valence-electron chi connectivity index (χ2n) is 9.90. The Morgan fingerprint density at radius 3 is 2.03 bits per heavy atom.